The fourth-order valence-corrected chi connectivity index (χ4v) is 4.29. The number of benzene rings is 1. The van der Waals surface area contributed by atoms with E-state index in [1.165, 1.54) is 0 Å². The van der Waals surface area contributed by atoms with E-state index < -0.39 is 0 Å². The highest BCUT2D eigenvalue weighted by Gasteiger charge is 2.19. The van der Waals surface area contributed by atoms with Gasteiger partial charge in [-0.25, -0.2) is 20.0 Å². The van der Waals surface area contributed by atoms with Crippen LogP contribution < -0.4 is 0 Å². The standard InChI is InChI=1S/C26H15BrN4/c27-25-4-2-1-3-23(25)24-14-22-13-20-8-7-18(29-20)11-16-5-6-17(28-16)12-19-9-10-21(30-19)15-26(24)31-22/h1-15H. The maximum atomic E-state index is 4.89. The smallest absolute Gasteiger partial charge is 0.0737 e. The molecule has 0 aliphatic carbocycles. The summed E-state index contributed by atoms with van der Waals surface area (Å²) in [6.07, 6.45) is 22.1. The van der Waals surface area contributed by atoms with Crippen LogP contribution in [0.15, 0.2) is 138 Å². The van der Waals surface area contributed by atoms with Gasteiger partial charge in [-0.1, -0.05) is 34.1 Å². The van der Waals surface area contributed by atoms with E-state index >= 15 is 0 Å². The molecule has 0 fully saturated rings. The van der Waals surface area contributed by atoms with Crippen LogP contribution in [0.5, 0.6) is 0 Å². The molecule has 146 valence electrons. The molecule has 0 radical (unpaired) electrons. The largest absolute Gasteiger partial charge is 0.249 e. The number of nitrogens with zero attached hydrogens (tertiary/aromatic N) is 4. The summed E-state index contributed by atoms with van der Waals surface area (Å²) in [5.41, 5.74) is 9.12. The van der Waals surface area contributed by atoms with E-state index in [0.717, 1.165) is 61.2 Å². The second kappa shape index (κ2) is 7.22. The van der Waals surface area contributed by atoms with Gasteiger partial charge in [-0.15, -0.1) is 0 Å². The normalized spacial score (nSPS) is 20.5. The molecule has 0 spiro atoms. The molecule has 5 aliphatic rings. The van der Waals surface area contributed by atoms with Crippen LogP contribution in [0.4, 0.5) is 0 Å². The van der Waals surface area contributed by atoms with Crippen LogP contribution in [0.2, 0.25) is 0 Å². The molecule has 5 heteroatoms. The molecule has 0 N–H and O–H groups in total. The first kappa shape index (κ1) is 18.1. The van der Waals surface area contributed by atoms with Crippen molar-refractivity contribution < 1.29 is 0 Å². The minimum atomic E-state index is 0.862. The molecule has 0 saturated carbocycles. The highest BCUT2D eigenvalue weighted by atomic mass is 79.9. The van der Waals surface area contributed by atoms with Crippen LogP contribution in [-0.2, 0) is 0 Å². The topological polar surface area (TPSA) is 49.4 Å². The molecule has 1 aromatic carbocycles. The van der Waals surface area contributed by atoms with Gasteiger partial charge in [-0.2, -0.15) is 0 Å². The number of halogens is 1. The molecular formula is C26H15BrN4. The lowest BCUT2D eigenvalue weighted by Gasteiger charge is -2.06. The van der Waals surface area contributed by atoms with E-state index in [-0.39, 0.29) is 0 Å². The van der Waals surface area contributed by atoms with Gasteiger partial charge in [0.15, 0.2) is 0 Å². The van der Waals surface area contributed by atoms with Crippen LogP contribution in [0, 0.1) is 0 Å². The van der Waals surface area contributed by atoms with Crippen LogP contribution in [-0.4, -0.2) is 22.8 Å². The Bertz CT molecular complexity index is 1410. The highest BCUT2D eigenvalue weighted by Crippen LogP contribution is 2.34. The van der Waals surface area contributed by atoms with Crippen molar-refractivity contribution in [3.05, 3.63) is 124 Å². The molecule has 0 aromatic heterocycles. The number of rotatable bonds is 1. The lowest BCUT2D eigenvalue weighted by molar-refractivity contribution is 1.41. The van der Waals surface area contributed by atoms with Gasteiger partial charge >= 0.3 is 0 Å². The van der Waals surface area contributed by atoms with Crippen LogP contribution in [0.1, 0.15) is 5.56 Å². The maximum Gasteiger partial charge on any atom is 0.0737 e. The van der Waals surface area contributed by atoms with Gasteiger partial charge in [0.2, 0.25) is 0 Å². The first-order valence-electron chi connectivity index (χ1n) is 9.92. The molecule has 8 bridgehead atoms. The van der Waals surface area contributed by atoms with E-state index in [4.69, 9.17) is 15.0 Å². The summed E-state index contributed by atoms with van der Waals surface area (Å²) >= 11 is 3.68. The molecule has 0 amide bonds. The fraction of sp³-hybridized carbons (Fsp3) is 0. The summed E-state index contributed by atoms with van der Waals surface area (Å²) in [5, 5.41) is 0. The lowest BCUT2D eigenvalue weighted by Crippen LogP contribution is -1.91. The third-order valence-corrected chi connectivity index (χ3v) is 5.89. The third-order valence-electron chi connectivity index (χ3n) is 5.20. The summed E-state index contributed by atoms with van der Waals surface area (Å²) in [4.78, 5) is 19.0. The second-order valence-electron chi connectivity index (χ2n) is 7.42. The molecule has 4 nitrogen and oxygen atoms in total. The molecule has 31 heavy (non-hydrogen) atoms. The molecule has 0 saturated heterocycles. The Morgan fingerprint density at radius 2 is 1.06 bits per heavy atom. The monoisotopic (exact) mass is 462 g/mol. The van der Waals surface area contributed by atoms with E-state index in [9.17, 15) is 0 Å². The van der Waals surface area contributed by atoms with Gasteiger partial charge < -0.3 is 0 Å². The molecule has 5 aliphatic heterocycles. The van der Waals surface area contributed by atoms with Crippen molar-refractivity contribution in [1.82, 2.24) is 0 Å². The van der Waals surface area contributed by atoms with Crippen molar-refractivity contribution >= 4 is 44.3 Å². The highest BCUT2D eigenvalue weighted by molar-refractivity contribution is 9.10. The van der Waals surface area contributed by atoms with Gasteiger partial charge in [0, 0.05) is 10.0 Å². The van der Waals surface area contributed by atoms with Gasteiger partial charge in [-0.3, -0.25) is 0 Å². The van der Waals surface area contributed by atoms with E-state index in [1.54, 1.807) is 0 Å². The van der Waals surface area contributed by atoms with Crippen molar-refractivity contribution in [2.75, 3.05) is 0 Å². The molecule has 1 aromatic rings. The molecule has 0 unspecified atom stereocenters. The van der Waals surface area contributed by atoms with E-state index in [1.807, 2.05) is 79.0 Å². The van der Waals surface area contributed by atoms with E-state index in [2.05, 4.69) is 33.1 Å². The van der Waals surface area contributed by atoms with Crippen LogP contribution in [0.25, 0.3) is 5.57 Å². The SMILES string of the molecule is Brc1ccccc1C1=CC2=NC1=CC1=NC(=CC3=NC(=CC4=NC(=C2)C=C4)C=C3)C=C1. The van der Waals surface area contributed by atoms with Gasteiger partial charge in [0.25, 0.3) is 0 Å². The first-order chi connectivity index (χ1) is 15.2. The molecule has 6 rings (SSSR count). The summed E-state index contributed by atoms with van der Waals surface area (Å²) in [6, 6.07) is 8.18. The number of hydrogen-bond acceptors (Lipinski definition) is 4. The predicted molar refractivity (Wildman–Crippen MR) is 132 cm³/mol. The Morgan fingerprint density at radius 1 is 0.516 bits per heavy atom. The Kier molecular flexibility index (Phi) is 4.21. The summed E-state index contributed by atoms with van der Waals surface area (Å²) in [5.74, 6) is 0. The van der Waals surface area contributed by atoms with Crippen molar-refractivity contribution in [3.8, 4) is 0 Å². The quantitative estimate of drug-likeness (QED) is 0.501. The minimum absolute atomic E-state index is 0.862. The number of hydrogen-bond donors (Lipinski definition) is 0. The number of aliphatic imine (C=N–C) groups is 4. The zero-order chi connectivity index (χ0) is 20.8. The van der Waals surface area contributed by atoms with Gasteiger partial charge in [-0.05, 0) is 78.5 Å². The van der Waals surface area contributed by atoms with Gasteiger partial charge in [0.1, 0.15) is 0 Å². The fourth-order valence-electron chi connectivity index (χ4n) is 3.79. The molecular weight excluding hydrogens is 448 g/mol. The molecule has 5 heterocycles. The zero-order valence-corrected chi connectivity index (χ0v) is 17.9. The summed E-state index contributed by atoms with van der Waals surface area (Å²) in [7, 11) is 0. The lowest BCUT2D eigenvalue weighted by atomic mass is 10.0. The van der Waals surface area contributed by atoms with E-state index in [0.29, 0.717) is 0 Å². The Morgan fingerprint density at radius 3 is 1.68 bits per heavy atom. The second-order valence-corrected chi connectivity index (χ2v) is 8.28. The Labute approximate surface area is 188 Å². The van der Waals surface area contributed by atoms with Crippen LogP contribution >= 0.6 is 15.9 Å². The Hall–Kier alpha value is -3.70. The minimum Gasteiger partial charge on any atom is -0.249 e. The summed E-state index contributed by atoms with van der Waals surface area (Å²) in [6.45, 7) is 0. The molecule has 0 atom stereocenters. The Balaban J connectivity index is 1.52. The summed E-state index contributed by atoms with van der Waals surface area (Å²) < 4.78 is 1.03. The zero-order valence-electron chi connectivity index (χ0n) is 16.3. The van der Waals surface area contributed by atoms with Gasteiger partial charge in [0.05, 0.1) is 45.6 Å². The van der Waals surface area contributed by atoms with Crippen LogP contribution in [0.3, 0.4) is 0 Å². The van der Waals surface area contributed by atoms with Crippen molar-refractivity contribution in [2.24, 2.45) is 20.0 Å². The third kappa shape index (κ3) is 3.53. The average molecular weight is 463 g/mol. The first-order valence-corrected chi connectivity index (χ1v) is 10.7. The predicted octanol–water partition coefficient (Wildman–Crippen LogP) is 5.87. The number of fused-ring (bicyclic) bond motifs is 4. The average Bonchev–Trinajstić information content (AvgIpc) is 3.53. The van der Waals surface area contributed by atoms with Crippen molar-refractivity contribution in [3.63, 3.8) is 0 Å². The maximum absolute atomic E-state index is 4.89. The van der Waals surface area contributed by atoms with Crippen molar-refractivity contribution in [1.29, 1.82) is 0 Å². The van der Waals surface area contributed by atoms with Crippen molar-refractivity contribution in [2.45, 2.75) is 0 Å². The number of allylic oxidation sites excluding steroid dienone is 12.